The molecule has 2 heterocycles. The Morgan fingerprint density at radius 3 is 2.10 bits per heavy atom. The van der Waals surface area contributed by atoms with Crippen molar-refractivity contribution in [1.82, 2.24) is 3.97 Å². The topological polar surface area (TPSA) is 39.1 Å². The molecule has 0 spiro atoms. The van der Waals surface area contributed by atoms with Crippen molar-refractivity contribution in [3.8, 4) is 21.8 Å². The van der Waals surface area contributed by atoms with Crippen LogP contribution in [0.2, 0.25) is 0 Å². The number of hydrogen-bond acceptors (Lipinski definition) is 3. The predicted molar refractivity (Wildman–Crippen MR) is 124 cm³/mol. The van der Waals surface area contributed by atoms with E-state index in [4.69, 9.17) is 0 Å². The number of aromatic nitrogens is 1. The first-order chi connectivity index (χ1) is 14.6. The first-order valence-electron chi connectivity index (χ1n) is 10.3. The maximum atomic E-state index is 14.0. The second-order valence-corrected chi connectivity index (χ2v) is 10.5. The largest absolute Gasteiger partial charge is 0.268 e. The van der Waals surface area contributed by atoms with E-state index >= 15 is 0 Å². The van der Waals surface area contributed by atoms with Crippen LogP contribution in [0.5, 0.6) is 0 Å². The molecule has 1 aliphatic rings. The number of aryl methyl sites for hydroxylation is 1. The molecular formula is C25H23NO2S2. The van der Waals surface area contributed by atoms with Crippen LogP contribution in [0.25, 0.3) is 21.8 Å². The van der Waals surface area contributed by atoms with Crippen molar-refractivity contribution in [2.24, 2.45) is 0 Å². The first kappa shape index (κ1) is 19.3. The van der Waals surface area contributed by atoms with Crippen LogP contribution < -0.4 is 0 Å². The smallest absolute Gasteiger partial charge is 0.232 e. The Morgan fingerprint density at radius 2 is 1.47 bits per heavy atom. The molecule has 3 nitrogen and oxygen atoms in total. The van der Waals surface area contributed by atoms with E-state index in [0.717, 1.165) is 53.1 Å². The first-order valence-corrected chi connectivity index (χ1v) is 12.6. The minimum atomic E-state index is -3.76. The molecule has 0 N–H and O–H groups in total. The summed E-state index contributed by atoms with van der Waals surface area (Å²) in [5.74, 6) is 0. The predicted octanol–water partition coefficient (Wildman–Crippen LogP) is 6.31. The Labute approximate surface area is 181 Å². The molecule has 2 aromatic heterocycles. The quantitative estimate of drug-likeness (QED) is 0.378. The number of thiophene rings is 1. The van der Waals surface area contributed by atoms with Crippen molar-refractivity contribution >= 4 is 21.4 Å². The second kappa shape index (κ2) is 7.56. The summed E-state index contributed by atoms with van der Waals surface area (Å²) in [6, 6.07) is 21.2. The second-order valence-electron chi connectivity index (χ2n) is 7.79. The molecule has 0 saturated heterocycles. The van der Waals surface area contributed by atoms with Crippen molar-refractivity contribution < 1.29 is 8.42 Å². The molecule has 0 unspecified atom stereocenters. The molecule has 5 rings (SSSR count). The van der Waals surface area contributed by atoms with Crippen molar-refractivity contribution in [3.63, 3.8) is 0 Å². The minimum Gasteiger partial charge on any atom is -0.232 e. The Bertz CT molecular complexity index is 1280. The van der Waals surface area contributed by atoms with Crippen molar-refractivity contribution in [1.29, 1.82) is 0 Å². The SMILES string of the molecule is Cc1ccc(S(=O)(=O)n2c(-c3ccccc3)c3c(c2-c2cccs2)CCCC3)cc1. The van der Waals surface area contributed by atoms with Crippen molar-refractivity contribution in [3.05, 3.63) is 88.8 Å². The zero-order chi connectivity index (χ0) is 20.7. The molecule has 4 aromatic rings. The van der Waals surface area contributed by atoms with Gasteiger partial charge in [0.05, 0.1) is 21.2 Å². The lowest BCUT2D eigenvalue weighted by Crippen LogP contribution is -2.15. The highest BCUT2D eigenvalue weighted by Gasteiger charge is 2.33. The molecule has 152 valence electrons. The molecule has 0 fully saturated rings. The fourth-order valence-corrected chi connectivity index (χ4v) is 6.83. The van der Waals surface area contributed by atoms with Gasteiger partial charge in [-0.2, -0.15) is 0 Å². The fraction of sp³-hybridized carbons (Fsp3) is 0.200. The number of benzene rings is 2. The Morgan fingerprint density at radius 1 is 0.800 bits per heavy atom. The summed E-state index contributed by atoms with van der Waals surface area (Å²) < 4.78 is 29.7. The van der Waals surface area contributed by atoms with E-state index in [1.807, 2.05) is 66.9 Å². The highest BCUT2D eigenvalue weighted by atomic mass is 32.2. The number of hydrogen-bond donors (Lipinski definition) is 0. The highest BCUT2D eigenvalue weighted by molar-refractivity contribution is 7.90. The van der Waals surface area contributed by atoms with Crippen LogP contribution in [-0.2, 0) is 22.9 Å². The van der Waals surface area contributed by atoms with Gasteiger partial charge < -0.3 is 0 Å². The van der Waals surface area contributed by atoms with Crippen molar-refractivity contribution in [2.75, 3.05) is 0 Å². The van der Waals surface area contributed by atoms with Crippen LogP contribution in [0.3, 0.4) is 0 Å². The Kier molecular flexibility index (Phi) is 4.88. The average molecular weight is 434 g/mol. The van der Waals surface area contributed by atoms with Crippen LogP contribution in [0.4, 0.5) is 0 Å². The van der Waals surface area contributed by atoms with Crippen LogP contribution in [0, 0.1) is 6.92 Å². The maximum absolute atomic E-state index is 14.0. The van der Waals surface area contributed by atoms with Gasteiger partial charge in [0.2, 0.25) is 0 Å². The van der Waals surface area contributed by atoms with E-state index < -0.39 is 10.0 Å². The molecule has 0 aliphatic heterocycles. The lowest BCUT2D eigenvalue weighted by atomic mass is 9.90. The fourth-order valence-electron chi connectivity index (χ4n) is 4.39. The third-order valence-electron chi connectivity index (χ3n) is 5.81. The third kappa shape index (κ3) is 3.13. The molecule has 5 heteroatoms. The monoisotopic (exact) mass is 433 g/mol. The normalized spacial score (nSPS) is 13.9. The Balaban J connectivity index is 1.89. The highest BCUT2D eigenvalue weighted by Crippen LogP contribution is 2.44. The van der Waals surface area contributed by atoms with Gasteiger partial charge in [0.15, 0.2) is 0 Å². The summed E-state index contributed by atoms with van der Waals surface area (Å²) >= 11 is 1.60. The van der Waals surface area contributed by atoms with Crippen LogP contribution >= 0.6 is 11.3 Å². The third-order valence-corrected chi connectivity index (χ3v) is 8.40. The van der Waals surface area contributed by atoms with Crippen molar-refractivity contribution in [2.45, 2.75) is 37.5 Å². The van der Waals surface area contributed by atoms with E-state index in [2.05, 4.69) is 0 Å². The minimum absolute atomic E-state index is 0.329. The number of fused-ring (bicyclic) bond motifs is 1. The lowest BCUT2D eigenvalue weighted by molar-refractivity contribution is 0.588. The Hall–Kier alpha value is -2.63. The van der Waals surface area contributed by atoms with Gasteiger partial charge in [-0.15, -0.1) is 11.3 Å². The molecular weight excluding hydrogens is 410 g/mol. The van der Waals surface area contributed by atoms with Gasteiger partial charge in [-0.05, 0) is 72.9 Å². The molecule has 30 heavy (non-hydrogen) atoms. The van der Waals surface area contributed by atoms with Gasteiger partial charge in [0.25, 0.3) is 10.0 Å². The van der Waals surface area contributed by atoms with Gasteiger partial charge in [0, 0.05) is 0 Å². The van der Waals surface area contributed by atoms with E-state index in [0.29, 0.717) is 4.90 Å². The summed E-state index contributed by atoms with van der Waals surface area (Å²) in [5, 5.41) is 2.02. The van der Waals surface area contributed by atoms with E-state index in [1.54, 1.807) is 27.4 Å². The molecule has 0 amide bonds. The zero-order valence-corrected chi connectivity index (χ0v) is 18.5. The average Bonchev–Trinajstić information content (AvgIpc) is 3.41. The number of rotatable bonds is 4. The van der Waals surface area contributed by atoms with E-state index in [-0.39, 0.29) is 0 Å². The van der Waals surface area contributed by atoms with Crippen LogP contribution in [0.1, 0.15) is 29.5 Å². The summed E-state index contributed by atoms with van der Waals surface area (Å²) in [4.78, 5) is 1.33. The standard InChI is InChI=1S/C25H23NO2S2/c1-18-13-15-20(16-14-18)30(27,28)26-24(19-8-3-2-4-9-19)21-10-5-6-11-22(21)25(26)23-12-7-17-29-23/h2-4,7-9,12-17H,5-6,10-11H2,1H3. The van der Waals surface area contributed by atoms with E-state index in [9.17, 15) is 8.42 Å². The van der Waals surface area contributed by atoms with Gasteiger partial charge in [-0.1, -0.05) is 54.1 Å². The van der Waals surface area contributed by atoms with Gasteiger partial charge >= 0.3 is 0 Å². The summed E-state index contributed by atoms with van der Waals surface area (Å²) in [6.07, 6.45) is 4.01. The van der Waals surface area contributed by atoms with E-state index in [1.165, 1.54) is 11.1 Å². The molecule has 2 aromatic carbocycles. The summed E-state index contributed by atoms with van der Waals surface area (Å²) in [7, 11) is -3.76. The van der Waals surface area contributed by atoms with Crippen LogP contribution in [-0.4, -0.2) is 12.4 Å². The zero-order valence-electron chi connectivity index (χ0n) is 16.8. The van der Waals surface area contributed by atoms with Gasteiger partial charge in [0.1, 0.15) is 0 Å². The molecule has 0 radical (unpaired) electrons. The summed E-state index contributed by atoms with van der Waals surface area (Å²) in [5.41, 5.74) is 6.05. The molecule has 0 saturated carbocycles. The molecule has 0 atom stereocenters. The summed E-state index contributed by atoms with van der Waals surface area (Å²) in [6.45, 7) is 1.97. The van der Waals surface area contributed by atoms with Gasteiger partial charge in [-0.25, -0.2) is 12.4 Å². The van der Waals surface area contributed by atoms with Gasteiger partial charge in [-0.3, -0.25) is 0 Å². The maximum Gasteiger partial charge on any atom is 0.268 e. The van der Waals surface area contributed by atoms with Crippen LogP contribution in [0.15, 0.2) is 77.0 Å². The lowest BCUT2D eigenvalue weighted by Gasteiger charge is -2.15. The molecule has 1 aliphatic carbocycles. The molecule has 0 bridgehead atoms. The number of nitrogens with zero attached hydrogens (tertiary/aromatic N) is 1.